The Morgan fingerprint density at radius 1 is 1.18 bits per heavy atom. The van der Waals surface area contributed by atoms with Gasteiger partial charge in [-0.1, -0.05) is 19.1 Å². The molecule has 1 fully saturated rings. The molecular formula is C29H32N8O. The van der Waals surface area contributed by atoms with Crippen molar-refractivity contribution in [1.29, 1.82) is 5.26 Å². The predicted molar refractivity (Wildman–Crippen MR) is 148 cm³/mol. The SMILES string of the molecule is CCc1cc(-c2cc(NC(=O)Cc3cccc(C#N)c3)nn2C)cc2cnc(NC3CCC(N)CC3)nc12. The first-order valence-electron chi connectivity index (χ1n) is 13.1. The molecule has 0 aliphatic heterocycles. The van der Waals surface area contributed by atoms with Gasteiger partial charge in [-0.3, -0.25) is 9.48 Å². The molecule has 2 heterocycles. The van der Waals surface area contributed by atoms with Crippen LogP contribution in [-0.4, -0.2) is 37.7 Å². The third-order valence-electron chi connectivity index (χ3n) is 7.11. The van der Waals surface area contributed by atoms with E-state index in [0.717, 1.165) is 65.4 Å². The number of nitrogens with zero attached hydrogens (tertiary/aromatic N) is 5. The Labute approximate surface area is 222 Å². The minimum atomic E-state index is -0.189. The number of rotatable bonds is 7. The summed E-state index contributed by atoms with van der Waals surface area (Å²) >= 11 is 0. The number of aromatic nitrogens is 4. The molecule has 0 unspecified atom stereocenters. The summed E-state index contributed by atoms with van der Waals surface area (Å²) in [7, 11) is 1.86. The van der Waals surface area contributed by atoms with Gasteiger partial charge in [0.05, 0.1) is 29.3 Å². The number of aryl methyl sites for hydroxylation is 2. The quantitative estimate of drug-likeness (QED) is 0.338. The van der Waals surface area contributed by atoms with Gasteiger partial charge in [-0.05, 0) is 67.5 Å². The lowest BCUT2D eigenvalue weighted by Crippen LogP contribution is -2.33. The number of hydrogen-bond acceptors (Lipinski definition) is 7. The summed E-state index contributed by atoms with van der Waals surface area (Å²) in [6, 6.07) is 15.9. The van der Waals surface area contributed by atoms with Gasteiger partial charge in [-0.15, -0.1) is 0 Å². The molecule has 0 bridgehead atoms. The smallest absolute Gasteiger partial charge is 0.229 e. The Hall–Kier alpha value is -4.29. The number of benzene rings is 2. The monoisotopic (exact) mass is 508 g/mol. The van der Waals surface area contributed by atoms with Crippen molar-refractivity contribution in [2.75, 3.05) is 10.6 Å². The van der Waals surface area contributed by atoms with Crippen LogP contribution in [0.1, 0.15) is 49.3 Å². The molecule has 1 aliphatic carbocycles. The van der Waals surface area contributed by atoms with Crippen molar-refractivity contribution in [3.05, 3.63) is 65.4 Å². The van der Waals surface area contributed by atoms with Crippen molar-refractivity contribution in [3.63, 3.8) is 0 Å². The Balaban J connectivity index is 1.34. The van der Waals surface area contributed by atoms with Gasteiger partial charge >= 0.3 is 0 Å². The number of carbonyl (C=O) groups excluding carboxylic acids is 1. The largest absolute Gasteiger partial charge is 0.351 e. The highest BCUT2D eigenvalue weighted by Gasteiger charge is 2.20. The molecule has 0 spiro atoms. The Morgan fingerprint density at radius 3 is 2.76 bits per heavy atom. The van der Waals surface area contributed by atoms with E-state index in [9.17, 15) is 4.79 Å². The van der Waals surface area contributed by atoms with Crippen LogP contribution in [0.25, 0.3) is 22.2 Å². The topological polar surface area (TPSA) is 135 Å². The summed E-state index contributed by atoms with van der Waals surface area (Å²) in [5.74, 6) is 0.946. The lowest BCUT2D eigenvalue weighted by atomic mass is 9.92. The van der Waals surface area contributed by atoms with Gasteiger partial charge in [0, 0.05) is 42.3 Å². The van der Waals surface area contributed by atoms with Crippen LogP contribution in [0.15, 0.2) is 48.7 Å². The maximum Gasteiger partial charge on any atom is 0.229 e. The van der Waals surface area contributed by atoms with E-state index in [-0.39, 0.29) is 12.3 Å². The van der Waals surface area contributed by atoms with E-state index >= 15 is 0 Å². The van der Waals surface area contributed by atoms with E-state index in [1.807, 2.05) is 25.4 Å². The fraction of sp³-hybridized carbons (Fsp3) is 0.345. The molecule has 4 aromatic rings. The van der Waals surface area contributed by atoms with Gasteiger partial charge in [0.1, 0.15) is 0 Å². The first-order chi connectivity index (χ1) is 18.4. The number of hydrogen-bond donors (Lipinski definition) is 3. The van der Waals surface area contributed by atoms with Crippen LogP contribution in [0.3, 0.4) is 0 Å². The average molecular weight is 509 g/mol. The van der Waals surface area contributed by atoms with Crippen LogP contribution in [-0.2, 0) is 24.7 Å². The molecular weight excluding hydrogens is 476 g/mol. The zero-order chi connectivity index (χ0) is 26.6. The zero-order valence-electron chi connectivity index (χ0n) is 21.7. The third kappa shape index (κ3) is 5.66. The van der Waals surface area contributed by atoms with Crippen LogP contribution in [0.5, 0.6) is 0 Å². The average Bonchev–Trinajstić information content (AvgIpc) is 3.28. The Morgan fingerprint density at radius 2 is 2.00 bits per heavy atom. The summed E-state index contributed by atoms with van der Waals surface area (Å²) < 4.78 is 1.76. The summed E-state index contributed by atoms with van der Waals surface area (Å²) in [4.78, 5) is 22.1. The van der Waals surface area contributed by atoms with Crippen LogP contribution >= 0.6 is 0 Å². The van der Waals surface area contributed by atoms with Crippen molar-refractivity contribution in [2.45, 2.75) is 57.5 Å². The number of amides is 1. The second kappa shape index (κ2) is 11.0. The van der Waals surface area contributed by atoms with Crippen LogP contribution in [0.4, 0.5) is 11.8 Å². The number of nitrogens with two attached hydrogens (primary N) is 1. The van der Waals surface area contributed by atoms with E-state index in [0.29, 0.717) is 29.4 Å². The number of fused-ring (bicyclic) bond motifs is 1. The predicted octanol–water partition coefficient (Wildman–Crippen LogP) is 4.33. The van der Waals surface area contributed by atoms with Crippen molar-refractivity contribution in [2.24, 2.45) is 12.8 Å². The standard InChI is InChI=1S/C29H32N8O/c1-3-20-13-21(14-22-17-32-29(35-28(20)22)33-24-9-7-23(31)8-10-24)25-15-26(36-37(25)2)34-27(38)12-18-5-4-6-19(11-18)16-30/h4-6,11,13-15,17,23-24H,3,7-10,12,31H2,1-2H3,(H,32,33,35)(H,34,36,38). The summed E-state index contributed by atoms with van der Waals surface area (Å²) in [6.45, 7) is 2.12. The lowest BCUT2D eigenvalue weighted by molar-refractivity contribution is -0.115. The molecule has 38 heavy (non-hydrogen) atoms. The zero-order valence-corrected chi connectivity index (χ0v) is 21.7. The molecule has 1 amide bonds. The highest BCUT2D eigenvalue weighted by Crippen LogP contribution is 2.29. The van der Waals surface area contributed by atoms with Gasteiger partial charge in [-0.25, -0.2) is 9.97 Å². The van der Waals surface area contributed by atoms with Crippen LogP contribution in [0, 0.1) is 11.3 Å². The van der Waals surface area contributed by atoms with E-state index < -0.39 is 0 Å². The van der Waals surface area contributed by atoms with Gasteiger partial charge in [0.2, 0.25) is 11.9 Å². The first kappa shape index (κ1) is 25.4. The highest BCUT2D eigenvalue weighted by molar-refractivity contribution is 5.92. The second-order valence-electron chi connectivity index (χ2n) is 9.95. The maximum absolute atomic E-state index is 12.6. The van der Waals surface area contributed by atoms with Crippen molar-refractivity contribution < 1.29 is 4.79 Å². The third-order valence-corrected chi connectivity index (χ3v) is 7.11. The molecule has 9 nitrogen and oxygen atoms in total. The fourth-order valence-corrected chi connectivity index (χ4v) is 5.07. The molecule has 1 aliphatic rings. The Kier molecular flexibility index (Phi) is 7.33. The van der Waals surface area contributed by atoms with Crippen molar-refractivity contribution in [3.8, 4) is 17.3 Å². The van der Waals surface area contributed by atoms with E-state index in [1.165, 1.54) is 0 Å². The molecule has 5 rings (SSSR count). The molecule has 0 saturated heterocycles. The number of carbonyl (C=O) groups is 1. The summed E-state index contributed by atoms with van der Waals surface area (Å²) in [6.07, 6.45) is 6.98. The number of nitrogens with one attached hydrogen (secondary N) is 2. The molecule has 9 heteroatoms. The van der Waals surface area contributed by atoms with E-state index in [4.69, 9.17) is 16.0 Å². The summed E-state index contributed by atoms with van der Waals surface area (Å²) in [5, 5.41) is 20.9. The van der Waals surface area contributed by atoms with Gasteiger partial charge in [0.15, 0.2) is 5.82 Å². The second-order valence-corrected chi connectivity index (χ2v) is 9.95. The molecule has 194 valence electrons. The van der Waals surface area contributed by atoms with Crippen molar-refractivity contribution in [1.82, 2.24) is 19.7 Å². The van der Waals surface area contributed by atoms with Gasteiger partial charge in [0.25, 0.3) is 0 Å². The van der Waals surface area contributed by atoms with Gasteiger partial charge < -0.3 is 16.4 Å². The van der Waals surface area contributed by atoms with Gasteiger partial charge in [-0.2, -0.15) is 10.4 Å². The molecule has 0 radical (unpaired) electrons. The number of nitriles is 1. The highest BCUT2D eigenvalue weighted by atomic mass is 16.1. The molecule has 4 N–H and O–H groups in total. The fourth-order valence-electron chi connectivity index (χ4n) is 5.07. The normalized spacial score (nSPS) is 17.2. The van der Waals surface area contributed by atoms with E-state index in [2.05, 4.69) is 45.8 Å². The van der Waals surface area contributed by atoms with Crippen molar-refractivity contribution >= 4 is 28.6 Å². The molecule has 0 atom stereocenters. The minimum Gasteiger partial charge on any atom is -0.351 e. The number of anilines is 2. The molecule has 2 aromatic heterocycles. The maximum atomic E-state index is 12.6. The lowest BCUT2D eigenvalue weighted by Gasteiger charge is -2.26. The Bertz CT molecular complexity index is 1510. The molecule has 1 saturated carbocycles. The van der Waals surface area contributed by atoms with E-state index in [1.54, 1.807) is 22.9 Å². The summed E-state index contributed by atoms with van der Waals surface area (Å²) in [5.41, 5.74) is 11.3. The van der Waals surface area contributed by atoms with Crippen LogP contribution in [0.2, 0.25) is 0 Å². The molecule has 2 aromatic carbocycles. The first-order valence-corrected chi connectivity index (χ1v) is 13.1. The minimum absolute atomic E-state index is 0.165. The van der Waals surface area contributed by atoms with Crippen LogP contribution < -0.4 is 16.4 Å².